The maximum atomic E-state index is 11.3. The van der Waals surface area contributed by atoms with Crippen LogP contribution >= 0.6 is 0 Å². The van der Waals surface area contributed by atoms with E-state index >= 15 is 0 Å². The fourth-order valence-corrected chi connectivity index (χ4v) is 1.17. The number of carbonyl (C=O) groups excluding carboxylic acids is 1. The van der Waals surface area contributed by atoms with Gasteiger partial charge in [0.15, 0.2) is 0 Å². The third kappa shape index (κ3) is 3.96. The molecule has 5 nitrogen and oxygen atoms in total. The number of aromatic nitrogens is 1. The number of rotatable bonds is 6. The monoisotopic (exact) mass is 224 g/mol. The van der Waals surface area contributed by atoms with E-state index in [2.05, 4.69) is 10.3 Å². The number of ether oxygens (including phenoxy) is 1. The van der Waals surface area contributed by atoms with Crippen LogP contribution in [0.4, 0.5) is 0 Å². The van der Waals surface area contributed by atoms with Crippen LogP contribution in [0, 0.1) is 0 Å². The van der Waals surface area contributed by atoms with E-state index in [-0.39, 0.29) is 6.61 Å². The predicted molar refractivity (Wildman–Crippen MR) is 59.0 cm³/mol. The van der Waals surface area contributed by atoms with Crippen LogP contribution in [-0.4, -0.2) is 35.8 Å². The standard InChI is InChI=1S/C11H16N2O3/c1-2-16-11(15)10-4-3-9(8-13-10)7-12-5-6-14/h3-4,8,12,14H,2,5-7H2,1H3. The maximum Gasteiger partial charge on any atom is 0.356 e. The van der Waals surface area contributed by atoms with E-state index in [9.17, 15) is 4.79 Å². The molecule has 0 saturated heterocycles. The molecule has 0 unspecified atom stereocenters. The van der Waals surface area contributed by atoms with Crippen molar-refractivity contribution in [2.75, 3.05) is 19.8 Å². The van der Waals surface area contributed by atoms with Gasteiger partial charge in [0.2, 0.25) is 0 Å². The molecule has 16 heavy (non-hydrogen) atoms. The first-order valence-electron chi connectivity index (χ1n) is 5.21. The molecule has 0 aliphatic heterocycles. The van der Waals surface area contributed by atoms with Crippen molar-refractivity contribution in [3.63, 3.8) is 0 Å². The van der Waals surface area contributed by atoms with Crippen LogP contribution in [0.15, 0.2) is 18.3 Å². The lowest BCUT2D eigenvalue weighted by atomic mass is 10.2. The van der Waals surface area contributed by atoms with E-state index < -0.39 is 5.97 Å². The number of aliphatic hydroxyl groups excluding tert-OH is 1. The Bertz CT molecular complexity index is 325. The van der Waals surface area contributed by atoms with Gasteiger partial charge in [-0.1, -0.05) is 6.07 Å². The van der Waals surface area contributed by atoms with Crippen molar-refractivity contribution in [2.24, 2.45) is 0 Å². The highest BCUT2D eigenvalue weighted by Gasteiger charge is 2.06. The summed E-state index contributed by atoms with van der Waals surface area (Å²) in [6.45, 7) is 3.37. The van der Waals surface area contributed by atoms with Gasteiger partial charge in [-0.25, -0.2) is 9.78 Å². The number of hydrogen-bond donors (Lipinski definition) is 2. The molecule has 1 heterocycles. The summed E-state index contributed by atoms with van der Waals surface area (Å²) in [6.07, 6.45) is 1.62. The third-order valence-electron chi connectivity index (χ3n) is 1.93. The summed E-state index contributed by atoms with van der Waals surface area (Å²) in [7, 11) is 0. The Morgan fingerprint density at radius 2 is 2.38 bits per heavy atom. The number of nitrogens with zero attached hydrogens (tertiary/aromatic N) is 1. The van der Waals surface area contributed by atoms with Gasteiger partial charge in [-0.2, -0.15) is 0 Å². The lowest BCUT2D eigenvalue weighted by Crippen LogP contribution is -2.17. The van der Waals surface area contributed by atoms with E-state index in [0.717, 1.165) is 5.56 Å². The van der Waals surface area contributed by atoms with E-state index in [1.807, 2.05) is 6.07 Å². The van der Waals surface area contributed by atoms with Gasteiger partial charge in [0.05, 0.1) is 13.2 Å². The van der Waals surface area contributed by atoms with Crippen LogP contribution in [0.3, 0.4) is 0 Å². The summed E-state index contributed by atoms with van der Waals surface area (Å²) in [5.41, 5.74) is 1.27. The normalized spacial score (nSPS) is 10.1. The molecule has 1 aromatic rings. The smallest absolute Gasteiger partial charge is 0.356 e. The number of esters is 1. The molecule has 0 aromatic carbocycles. The summed E-state index contributed by atoms with van der Waals surface area (Å²) in [6, 6.07) is 3.44. The summed E-state index contributed by atoms with van der Waals surface area (Å²) >= 11 is 0. The zero-order valence-electron chi connectivity index (χ0n) is 9.27. The van der Waals surface area contributed by atoms with E-state index in [4.69, 9.17) is 9.84 Å². The largest absolute Gasteiger partial charge is 0.461 e. The Labute approximate surface area is 94.5 Å². The molecule has 5 heteroatoms. The minimum absolute atomic E-state index is 0.105. The van der Waals surface area contributed by atoms with Gasteiger partial charge in [0, 0.05) is 19.3 Å². The molecule has 1 rings (SSSR count). The highest BCUT2D eigenvalue weighted by Crippen LogP contribution is 2.01. The van der Waals surface area contributed by atoms with Gasteiger partial charge in [-0.15, -0.1) is 0 Å². The summed E-state index contributed by atoms with van der Waals surface area (Å²) in [5, 5.41) is 11.6. The summed E-state index contributed by atoms with van der Waals surface area (Å²) in [5.74, 6) is -0.405. The van der Waals surface area contributed by atoms with Crippen molar-refractivity contribution < 1.29 is 14.6 Å². The van der Waals surface area contributed by atoms with Crippen molar-refractivity contribution in [1.29, 1.82) is 0 Å². The Kier molecular flexibility index (Phi) is 5.45. The molecular formula is C11H16N2O3. The average molecular weight is 224 g/mol. The van der Waals surface area contributed by atoms with Gasteiger partial charge < -0.3 is 15.2 Å². The Hall–Kier alpha value is -1.46. The summed E-state index contributed by atoms with van der Waals surface area (Å²) < 4.78 is 4.82. The molecule has 0 radical (unpaired) electrons. The Morgan fingerprint density at radius 1 is 1.56 bits per heavy atom. The first-order valence-corrected chi connectivity index (χ1v) is 5.21. The molecule has 0 aliphatic rings. The van der Waals surface area contributed by atoms with E-state index in [1.165, 1.54) is 0 Å². The molecule has 0 saturated carbocycles. The molecule has 88 valence electrons. The van der Waals surface area contributed by atoms with Crippen LogP contribution in [0.1, 0.15) is 23.0 Å². The number of carbonyl (C=O) groups is 1. The van der Waals surface area contributed by atoms with Gasteiger partial charge in [-0.3, -0.25) is 0 Å². The zero-order valence-corrected chi connectivity index (χ0v) is 9.27. The van der Waals surface area contributed by atoms with Crippen LogP contribution in [0.25, 0.3) is 0 Å². The first-order chi connectivity index (χ1) is 7.77. The molecule has 0 bridgehead atoms. The Morgan fingerprint density at radius 3 is 2.94 bits per heavy atom. The van der Waals surface area contributed by atoms with Crippen LogP contribution in [0.2, 0.25) is 0 Å². The molecule has 2 N–H and O–H groups in total. The highest BCUT2D eigenvalue weighted by molar-refractivity contribution is 5.87. The molecule has 1 aromatic heterocycles. The number of pyridine rings is 1. The van der Waals surface area contributed by atoms with Gasteiger partial charge in [-0.05, 0) is 18.6 Å². The van der Waals surface area contributed by atoms with E-state index in [0.29, 0.717) is 25.4 Å². The minimum Gasteiger partial charge on any atom is -0.461 e. The van der Waals surface area contributed by atoms with Crippen molar-refractivity contribution in [1.82, 2.24) is 10.3 Å². The lowest BCUT2D eigenvalue weighted by molar-refractivity contribution is 0.0519. The molecule has 0 atom stereocenters. The first kappa shape index (κ1) is 12.6. The second-order valence-corrected chi connectivity index (χ2v) is 3.17. The number of nitrogens with one attached hydrogen (secondary N) is 1. The maximum absolute atomic E-state index is 11.3. The third-order valence-corrected chi connectivity index (χ3v) is 1.93. The van der Waals surface area contributed by atoms with Crippen LogP contribution in [0.5, 0.6) is 0 Å². The van der Waals surface area contributed by atoms with Crippen LogP contribution < -0.4 is 5.32 Å². The fourth-order valence-electron chi connectivity index (χ4n) is 1.17. The van der Waals surface area contributed by atoms with Crippen LogP contribution in [-0.2, 0) is 11.3 Å². The number of aliphatic hydroxyl groups is 1. The molecule has 0 amide bonds. The highest BCUT2D eigenvalue weighted by atomic mass is 16.5. The minimum atomic E-state index is -0.405. The molecular weight excluding hydrogens is 208 g/mol. The topological polar surface area (TPSA) is 71.5 Å². The fraction of sp³-hybridized carbons (Fsp3) is 0.455. The van der Waals surface area contributed by atoms with Gasteiger partial charge in [0.1, 0.15) is 5.69 Å². The predicted octanol–water partition coefficient (Wildman–Crippen LogP) is 0.340. The van der Waals surface area contributed by atoms with Crippen molar-refractivity contribution >= 4 is 5.97 Å². The molecule has 0 spiro atoms. The second-order valence-electron chi connectivity index (χ2n) is 3.17. The number of hydrogen-bond acceptors (Lipinski definition) is 5. The van der Waals surface area contributed by atoms with Crippen molar-refractivity contribution in [2.45, 2.75) is 13.5 Å². The van der Waals surface area contributed by atoms with E-state index in [1.54, 1.807) is 19.2 Å². The van der Waals surface area contributed by atoms with Gasteiger partial charge >= 0.3 is 5.97 Å². The van der Waals surface area contributed by atoms with Crippen molar-refractivity contribution in [3.8, 4) is 0 Å². The van der Waals surface area contributed by atoms with Crippen molar-refractivity contribution in [3.05, 3.63) is 29.6 Å². The lowest BCUT2D eigenvalue weighted by Gasteiger charge is -2.04. The second kappa shape index (κ2) is 6.92. The average Bonchev–Trinajstić information content (AvgIpc) is 2.30. The SMILES string of the molecule is CCOC(=O)c1ccc(CNCCO)cn1. The zero-order chi connectivity index (χ0) is 11.8. The van der Waals surface area contributed by atoms with Gasteiger partial charge in [0.25, 0.3) is 0 Å². The quantitative estimate of drug-likeness (QED) is 0.538. The molecule has 0 fully saturated rings. The molecule has 0 aliphatic carbocycles. The summed E-state index contributed by atoms with van der Waals surface area (Å²) in [4.78, 5) is 15.3. The Balaban J connectivity index is 2.50.